The molecule has 0 aliphatic heterocycles. The van der Waals surface area contributed by atoms with Gasteiger partial charge in [-0.15, -0.1) is 6.58 Å². The fraction of sp³-hybridized carbons (Fsp3) is 0.200. The number of benzene rings is 2. The van der Waals surface area contributed by atoms with Gasteiger partial charge in [0, 0.05) is 5.56 Å². The van der Waals surface area contributed by atoms with Gasteiger partial charge in [0.2, 0.25) is 0 Å². The van der Waals surface area contributed by atoms with Gasteiger partial charge in [0.25, 0.3) is 5.91 Å². The molecule has 5 heteroatoms. The van der Waals surface area contributed by atoms with Crippen LogP contribution in [-0.2, 0) is 6.42 Å². The van der Waals surface area contributed by atoms with E-state index < -0.39 is 0 Å². The Balaban J connectivity index is 2.12. The molecule has 0 bridgehead atoms. The molecule has 25 heavy (non-hydrogen) atoms. The fourth-order valence-corrected chi connectivity index (χ4v) is 2.27. The summed E-state index contributed by atoms with van der Waals surface area (Å²) in [6, 6.07) is 12.3. The number of hydrogen-bond acceptors (Lipinski definition) is 4. The number of phenolic OH excluding ortho intramolecular Hbond substituents is 1. The summed E-state index contributed by atoms with van der Waals surface area (Å²) in [5, 5.41) is 14.1. The molecule has 0 heterocycles. The number of carbonyl (C=O) groups excluding carboxylic acids is 1. The highest BCUT2D eigenvalue weighted by molar-refractivity contribution is 5.97. The van der Waals surface area contributed by atoms with E-state index in [0.717, 1.165) is 5.56 Å². The van der Waals surface area contributed by atoms with Crippen LogP contribution in [0.5, 0.6) is 11.5 Å². The zero-order valence-electron chi connectivity index (χ0n) is 14.4. The molecule has 0 saturated carbocycles. The predicted octanol–water partition coefficient (Wildman–Crippen LogP) is 3.67. The zero-order valence-corrected chi connectivity index (χ0v) is 14.4. The van der Waals surface area contributed by atoms with Crippen LogP contribution in [0.15, 0.2) is 60.2 Å². The van der Waals surface area contributed by atoms with Crippen molar-refractivity contribution in [3.05, 3.63) is 71.8 Å². The Labute approximate surface area is 147 Å². The number of ether oxygens (including phenoxy) is 1. The maximum absolute atomic E-state index is 12.3. The minimum atomic E-state index is -0.380. The van der Waals surface area contributed by atoms with E-state index in [1.807, 2.05) is 26.0 Å². The average Bonchev–Trinajstić information content (AvgIpc) is 2.58. The Morgan fingerprint density at radius 2 is 2.04 bits per heavy atom. The summed E-state index contributed by atoms with van der Waals surface area (Å²) in [7, 11) is 0. The lowest BCUT2D eigenvalue weighted by atomic mass is 10.1. The maximum atomic E-state index is 12.3. The number of nitrogens with zero attached hydrogens (tertiary/aromatic N) is 1. The first-order chi connectivity index (χ1) is 12.0. The molecular weight excluding hydrogens is 316 g/mol. The first-order valence-corrected chi connectivity index (χ1v) is 8.03. The third-order valence-corrected chi connectivity index (χ3v) is 3.38. The van der Waals surface area contributed by atoms with Crippen molar-refractivity contribution in [1.29, 1.82) is 0 Å². The van der Waals surface area contributed by atoms with Gasteiger partial charge in [-0.25, -0.2) is 5.43 Å². The van der Waals surface area contributed by atoms with E-state index in [4.69, 9.17) is 4.74 Å². The molecule has 0 radical (unpaired) electrons. The van der Waals surface area contributed by atoms with Crippen molar-refractivity contribution in [3.63, 3.8) is 0 Å². The van der Waals surface area contributed by atoms with E-state index in [1.54, 1.807) is 36.4 Å². The topological polar surface area (TPSA) is 70.9 Å². The molecule has 0 aromatic heterocycles. The van der Waals surface area contributed by atoms with Gasteiger partial charge in [-0.3, -0.25) is 4.79 Å². The van der Waals surface area contributed by atoms with Crippen LogP contribution in [-0.4, -0.2) is 23.3 Å². The number of amides is 1. The van der Waals surface area contributed by atoms with Gasteiger partial charge in [0.1, 0.15) is 11.5 Å². The summed E-state index contributed by atoms with van der Waals surface area (Å²) in [5.41, 5.74) is 4.13. The van der Waals surface area contributed by atoms with Crippen molar-refractivity contribution in [2.45, 2.75) is 26.4 Å². The molecule has 130 valence electrons. The molecule has 0 unspecified atom stereocenters. The molecule has 2 N–H and O–H groups in total. The number of phenols is 1. The minimum Gasteiger partial charge on any atom is -0.507 e. The van der Waals surface area contributed by atoms with Gasteiger partial charge in [-0.05, 0) is 44.0 Å². The zero-order chi connectivity index (χ0) is 18.2. The largest absolute Gasteiger partial charge is 0.507 e. The van der Waals surface area contributed by atoms with Gasteiger partial charge >= 0.3 is 0 Å². The number of aromatic hydroxyl groups is 1. The number of para-hydroxylation sites is 2. The summed E-state index contributed by atoms with van der Waals surface area (Å²) in [5.74, 6) is 0.249. The quantitative estimate of drug-likeness (QED) is 0.460. The molecule has 0 aliphatic rings. The van der Waals surface area contributed by atoms with Crippen molar-refractivity contribution in [1.82, 2.24) is 5.43 Å². The number of carbonyl (C=O) groups is 1. The molecule has 2 aromatic carbocycles. The normalized spacial score (nSPS) is 10.8. The van der Waals surface area contributed by atoms with Crippen LogP contribution in [0.3, 0.4) is 0 Å². The van der Waals surface area contributed by atoms with Crippen LogP contribution in [0.25, 0.3) is 0 Å². The van der Waals surface area contributed by atoms with Crippen LogP contribution < -0.4 is 10.2 Å². The minimum absolute atomic E-state index is 0.0398. The summed E-state index contributed by atoms with van der Waals surface area (Å²) in [6.07, 6.45) is 3.64. The Kier molecular flexibility index (Phi) is 6.34. The van der Waals surface area contributed by atoms with Gasteiger partial charge < -0.3 is 9.84 Å². The first kappa shape index (κ1) is 18.3. The first-order valence-electron chi connectivity index (χ1n) is 8.03. The third-order valence-electron chi connectivity index (χ3n) is 3.38. The van der Waals surface area contributed by atoms with E-state index in [9.17, 15) is 9.90 Å². The van der Waals surface area contributed by atoms with Gasteiger partial charge in [0.15, 0.2) is 0 Å². The molecule has 0 atom stereocenters. The smallest absolute Gasteiger partial charge is 0.275 e. The van der Waals surface area contributed by atoms with E-state index in [0.29, 0.717) is 23.3 Å². The second kappa shape index (κ2) is 8.68. The Morgan fingerprint density at radius 3 is 2.76 bits per heavy atom. The lowest BCUT2D eigenvalue weighted by Gasteiger charge is -2.12. The van der Waals surface area contributed by atoms with Crippen LogP contribution in [0, 0.1) is 0 Å². The van der Waals surface area contributed by atoms with Gasteiger partial charge in [-0.1, -0.05) is 30.3 Å². The molecule has 5 nitrogen and oxygen atoms in total. The van der Waals surface area contributed by atoms with E-state index in [-0.39, 0.29) is 17.8 Å². The summed E-state index contributed by atoms with van der Waals surface area (Å²) >= 11 is 0. The molecule has 0 saturated heterocycles. The van der Waals surface area contributed by atoms with Crippen LogP contribution in [0.2, 0.25) is 0 Å². The molecule has 0 fully saturated rings. The van der Waals surface area contributed by atoms with Crippen LogP contribution in [0.1, 0.15) is 35.3 Å². The second-order valence-electron chi connectivity index (χ2n) is 5.71. The number of hydrazone groups is 1. The van der Waals surface area contributed by atoms with Crippen molar-refractivity contribution >= 4 is 12.1 Å². The second-order valence-corrected chi connectivity index (χ2v) is 5.71. The van der Waals surface area contributed by atoms with E-state index >= 15 is 0 Å². The highest BCUT2D eigenvalue weighted by atomic mass is 16.5. The molecule has 1 amide bonds. The number of allylic oxidation sites excluding steroid dienone is 1. The molecule has 0 aliphatic carbocycles. The predicted molar refractivity (Wildman–Crippen MR) is 99.3 cm³/mol. The lowest BCUT2D eigenvalue weighted by molar-refractivity contribution is 0.0949. The van der Waals surface area contributed by atoms with E-state index in [1.165, 1.54) is 6.21 Å². The fourth-order valence-electron chi connectivity index (χ4n) is 2.27. The average molecular weight is 338 g/mol. The number of hydrogen-bond donors (Lipinski definition) is 2. The van der Waals surface area contributed by atoms with Crippen LogP contribution >= 0.6 is 0 Å². The monoisotopic (exact) mass is 338 g/mol. The molecule has 0 spiro atoms. The summed E-state index contributed by atoms with van der Waals surface area (Å²) in [6.45, 7) is 7.45. The Morgan fingerprint density at radius 1 is 1.28 bits per heavy atom. The summed E-state index contributed by atoms with van der Waals surface area (Å²) < 4.78 is 5.63. The van der Waals surface area contributed by atoms with Crippen molar-refractivity contribution in [2.24, 2.45) is 5.10 Å². The third kappa shape index (κ3) is 4.94. The van der Waals surface area contributed by atoms with Crippen molar-refractivity contribution in [3.8, 4) is 11.5 Å². The number of rotatable bonds is 7. The maximum Gasteiger partial charge on any atom is 0.275 e. The number of nitrogens with one attached hydrogen (secondary N) is 1. The SMILES string of the molecule is C=CCc1cccc(/C=N/NC(=O)c2ccccc2OC(C)C)c1O. The molecule has 2 aromatic rings. The van der Waals surface area contributed by atoms with Gasteiger partial charge in [0.05, 0.1) is 17.9 Å². The lowest BCUT2D eigenvalue weighted by Crippen LogP contribution is -2.19. The molecular formula is C20H22N2O3. The van der Waals surface area contributed by atoms with E-state index in [2.05, 4.69) is 17.1 Å². The van der Waals surface area contributed by atoms with Gasteiger partial charge in [-0.2, -0.15) is 5.10 Å². The summed E-state index contributed by atoms with van der Waals surface area (Å²) in [4.78, 5) is 12.3. The van der Waals surface area contributed by atoms with Crippen molar-refractivity contribution in [2.75, 3.05) is 0 Å². The standard InChI is InChI=1S/C20H22N2O3/c1-4-8-15-9-7-10-16(19(15)23)13-21-22-20(24)17-11-5-6-12-18(17)25-14(2)3/h4-7,9-14,23H,1,8H2,2-3H3,(H,22,24)/b21-13+. The Hall–Kier alpha value is -3.08. The van der Waals surface area contributed by atoms with Crippen LogP contribution in [0.4, 0.5) is 0 Å². The Bertz CT molecular complexity index is 782. The molecule has 2 rings (SSSR count). The highest BCUT2D eigenvalue weighted by Gasteiger charge is 2.12. The highest BCUT2D eigenvalue weighted by Crippen LogP contribution is 2.22. The van der Waals surface area contributed by atoms with Crippen molar-refractivity contribution < 1.29 is 14.6 Å².